The highest BCUT2D eigenvalue weighted by Gasteiger charge is 2.34. The van der Waals surface area contributed by atoms with Crippen LogP contribution in [0.4, 0.5) is 0 Å². The Hall–Kier alpha value is -0.120. The molecule has 2 rings (SSSR count). The maximum atomic E-state index is 6.09. The van der Waals surface area contributed by atoms with Crippen LogP contribution in [-0.4, -0.2) is 60.8 Å². The quantitative estimate of drug-likeness (QED) is 0.774. The highest BCUT2D eigenvalue weighted by Crippen LogP contribution is 2.27. The first-order valence-corrected chi connectivity index (χ1v) is 8.98. The Bertz CT molecular complexity index is 310. The summed E-state index contributed by atoms with van der Waals surface area (Å²) in [4.78, 5) is 5.29. The van der Waals surface area contributed by atoms with Crippen molar-refractivity contribution in [1.29, 1.82) is 0 Å². The molecule has 0 amide bonds. The number of likely N-dealkylation sites (tertiary alicyclic amines) is 1. The van der Waals surface area contributed by atoms with Gasteiger partial charge < -0.3 is 9.64 Å². The van der Waals surface area contributed by atoms with Crippen molar-refractivity contribution in [3.8, 4) is 0 Å². The standard InChI is InChI=1S/C18H36N2O/c1-15(2)12-18(5)14-19(10-11-21-18)13-17-6-8-20(9-7-17)16(3)4/h15-17H,6-14H2,1-5H3/t18-/m0/s1. The minimum atomic E-state index is 0.0745. The number of hydrogen-bond donors (Lipinski definition) is 0. The summed E-state index contributed by atoms with van der Waals surface area (Å²) in [6.07, 6.45) is 3.92. The monoisotopic (exact) mass is 296 g/mol. The van der Waals surface area contributed by atoms with Crippen LogP contribution in [0.25, 0.3) is 0 Å². The molecular formula is C18H36N2O. The molecule has 2 fully saturated rings. The fraction of sp³-hybridized carbons (Fsp3) is 1.00. The van der Waals surface area contributed by atoms with Crippen LogP contribution >= 0.6 is 0 Å². The summed E-state index contributed by atoms with van der Waals surface area (Å²) in [6, 6.07) is 0.712. The number of nitrogens with zero attached hydrogens (tertiary/aromatic N) is 2. The van der Waals surface area contributed by atoms with E-state index >= 15 is 0 Å². The fourth-order valence-electron chi connectivity index (χ4n) is 4.18. The molecule has 0 aromatic rings. The summed E-state index contributed by atoms with van der Waals surface area (Å²) in [6.45, 7) is 18.6. The zero-order valence-electron chi connectivity index (χ0n) is 14.9. The maximum Gasteiger partial charge on any atom is 0.0783 e. The Morgan fingerprint density at radius 2 is 1.76 bits per heavy atom. The highest BCUT2D eigenvalue weighted by molar-refractivity contribution is 4.86. The lowest BCUT2D eigenvalue weighted by Gasteiger charge is -2.44. The average molecular weight is 296 g/mol. The van der Waals surface area contributed by atoms with Gasteiger partial charge in [-0.15, -0.1) is 0 Å². The first-order valence-electron chi connectivity index (χ1n) is 8.98. The van der Waals surface area contributed by atoms with Crippen LogP contribution in [0.2, 0.25) is 0 Å². The molecule has 2 aliphatic heterocycles. The lowest BCUT2D eigenvalue weighted by atomic mass is 9.90. The molecule has 2 aliphatic rings. The van der Waals surface area contributed by atoms with Gasteiger partial charge in [-0.2, -0.15) is 0 Å². The number of ether oxygens (including phenoxy) is 1. The van der Waals surface area contributed by atoms with Gasteiger partial charge in [0, 0.05) is 25.7 Å². The van der Waals surface area contributed by atoms with Crippen molar-refractivity contribution in [1.82, 2.24) is 9.80 Å². The second kappa shape index (κ2) is 7.43. The highest BCUT2D eigenvalue weighted by atomic mass is 16.5. The molecule has 0 radical (unpaired) electrons. The van der Waals surface area contributed by atoms with Crippen LogP contribution in [0.15, 0.2) is 0 Å². The summed E-state index contributed by atoms with van der Waals surface area (Å²) in [5, 5.41) is 0. The van der Waals surface area contributed by atoms with E-state index in [0.717, 1.165) is 25.6 Å². The molecule has 2 saturated heterocycles. The third-order valence-electron chi connectivity index (χ3n) is 5.15. The third kappa shape index (κ3) is 5.22. The molecule has 1 atom stereocenters. The van der Waals surface area contributed by atoms with Crippen molar-refractivity contribution >= 4 is 0 Å². The van der Waals surface area contributed by atoms with Gasteiger partial charge in [-0.25, -0.2) is 0 Å². The van der Waals surface area contributed by atoms with Crippen LogP contribution in [0, 0.1) is 11.8 Å². The SMILES string of the molecule is CC(C)C[C@@]1(C)CN(CC2CCN(C(C)C)CC2)CCO1. The summed E-state index contributed by atoms with van der Waals surface area (Å²) in [5.74, 6) is 1.60. The molecule has 21 heavy (non-hydrogen) atoms. The van der Waals surface area contributed by atoms with Gasteiger partial charge in [0.1, 0.15) is 0 Å². The van der Waals surface area contributed by atoms with Gasteiger partial charge in [0.05, 0.1) is 12.2 Å². The number of hydrogen-bond acceptors (Lipinski definition) is 3. The zero-order chi connectivity index (χ0) is 15.5. The van der Waals surface area contributed by atoms with E-state index < -0.39 is 0 Å². The zero-order valence-corrected chi connectivity index (χ0v) is 14.9. The first kappa shape index (κ1) is 17.2. The Kier molecular flexibility index (Phi) is 6.10. The summed E-state index contributed by atoms with van der Waals surface area (Å²) in [7, 11) is 0. The molecule has 0 aromatic carbocycles. The Labute approximate surface area is 132 Å². The van der Waals surface area contributed by atoms with E-state index in [2.05, 4.69) is 44.4 Å². The molecule has 0 aliphatic carbocycles. The van der Waals surface area contributed by atoms with Crippen LogP contribution in [-0.2, 0) is 4.74 Å². The largest absolute Gasteiger partial charge is 0.373 e. The molecule has 2 heterocycles. The number of piperidine rings is 1. The first-order chi connectivity index (χ1) is 9.88. The Morgan fingerprint density at radius 1 is 1.10 bits per heavy atom. The molecule has 0 N–H and O–H groups in total. The molecule has 0 unspecified atom stereocenters. The Morgan fingerprint density at radius 3 is 2.33 bits per heavy atom. The van der Waals surface area contributed by atoms with Gasteiger partial charge in [-0.05, 0) is 65.0 Å². The van der Waals surface area contributed by atoms with E-state index in [0.29, 0.717) is 12.0 Å². The van der Waals surface area contributed by atoms with Crippen molar-refractivity contribution in [2.45, 2.75) is 65.5 Å². The van der Waals surface area contributed by atoms with Crippen LogP contribution in [0.5, 0.6) is 0 Å². The lowest BCUT2D eigenvalue weighted by Crippen LogP contribution is -2.52. The van der Waals surface area contributed by atoms with Gasteiger partial charge in [0.2, 0.25) is 0 Å². The van der Waals surface area contributed by atoms with Crippen LogP contribution in [0.3, 0.4) is 0 Å². The predicted octanol–water partition coefficient (Wildman–Crippen LogP) is 3.24. The van der Waals surface area contributed by atoms with Crippen molar-refractivity contribution in [2.24, 2.45) is 11.8 Å². The van der Waals surface area contributed by atoms with E-state index in [1.165, 1.54) is 38.9 Å². The molecule has 0 bridgehead atoms. The molecule has 0 saturated carbocycles. The van der Waals surface area contributed by atoms with Crippen molar-refractivity contribution in [2.75, 3.05) is 39.3 Å². The molecule has 124 valence electrons. The smallest absolute Gasteiger partial charge is 0.0783 e. The lowest BCUT2D eigenvalue weighted by molar-refractivity contribution is -0.111. The molecule has 3 heteroatoms. The van der Waals surface area contributed by atoms with E-state index in [4.69, 9.17) is 4.74 Å². The summed E-state index contributed by atoms with van der Waals surface area (Å²) in [5.41, 5.74) is 0.0745. The molecular weight excluding hydrogens is 260 g/mol. The third-order valence-corrected chi connectivity index (χ3v) is 5.15. The van der Waals surface area contributed by atoms with Crippen molar-refractivity contribution in [3.63, 3.8) is 0 Å². The Balaban J connectivity index is 1.78. The second-order valence-corrected chi connectivity index (χ2v) is 8.20. The van der Waals surface area contributed by atoms with Crippen molar-refractivity contribution < 1.29 is 4.74 Å². The average Bonchev–Trinajstić information content (AvgIpc) is 2.37. The van der Waals surface area contributed by atoms with Gasteiger partial charge in [0.25, 0.3) is 0 Å². The minimum absolute atomic E-state index is 0.0745. The van der Waals surface area contributed by atoms with E-state index in [1.54, 1.807) is 0 Å². The maximum absolute atomic E-state index is 6.09. The fourth-order valence-corrected chi connectivity index (χ4v) is 4.18. The number of rotatable bonds is 5. The van der Waals surface area contributed by atoms with E-state index in [1.807, 2.05) is 0 Å². The van der Waals surface area contributed by atoms with Gasteiger partial charge in [-0.1, -0.05) is 13.8 Å². The molecule has 3 nitrogen and oxygen atoms in total. The molecule has 0 aromatic heterocycles. The normalized spacial score (nSPS) is 30.4. The predicted molar refractivity (Wildman–Crippen MR) is 89.7 cm³/mol. The molecule has 0 spiro atoms. The van der Waals surface area contributed by atoms with E-state index in [-0.39, 0.29) is 5.60 Å². The van der Waals surface area contributed by atoms with Gasteiger partial charge in [-0.3, -0.25) is 4.90 Å². The van der Waals surface area contributed by atoms with Crippen LogP contribution < -0.4 is 0 Å². The number of morpholine rings is 1. The van der Waals surface area contributed by atoms with Gasteiger partial charge in [0.15, 0.2) is 0 Å². The topological polar surface area (TPSA) is 15.7 Å². The van der Waals surface area contributed by atoms with Crippen LogP contribution in [0.1, 0.15) is 53.9 Å². The minimum Gasteiger partial charge on any atom is -0.373 e. The second-order valence-electron chi connectivity index (χ2n) is 8.20. The summed E-state index contributed by atoms with van der Waals surface area (Å²) < 4.78 is 6.09. The summed E-state index contributed by atoms with van der Waals surface area (Å²) >= 11 is 0. The van der Waals surface area contributed by atoms with Crippen molar-refractivity contribution in [3.05, 3.63) is 0 Å². The van der Waals surface area contributed by atoms with E-state index in [9.17, 15) is 0 Å². The van der Waals surface area contributed by atoms with Gasteiger partial charge >= 0.3 is 0 Å².